The highest BCUT2D eigenvalue weighted by Crippen LogP contribution is 2.31. The van der Waals surface area contributed by atoms with E-state index in [4.69, 9.17) is 28.3 Å². The Morgan fingerprint density at radius 2 is 2.14 bits per heavy atom. The summed E-state index contributed by atoms with van der Waals surface area (Å²) in [4.78, 5) is 26.7. The average Bonchev–Trinajstić information content (AvgIpc) is 2.95. The molecule has 0 aliphatic carbocycles. The molecule has 21 heavy (non-hydrogen) atoms. The van der Waals surface area contributed by atoms with Crippen LogP contribution < -0.4 is 5.32 Å². The van der Waals surface area contributed by atoms with Gasteiger partial charge in [-0.1, -0.05) is 23.2 Å². The van der Waals surface area contributed by atoms with Crippen LogP contribution >= 0.6 is 45.9 Å². The molecule has 5 nitrogen and oxygen atoms in total. The summed E-state index contributed by atoms with van der Waals surface area (Å²) in [6, 6.07) is 1.51. The monoisotopic (exact) mass is 364 g/mol. The van der Waals surface area contributed by atoms with Gasteiger partial charge in [-0.05, 0) is 18.9 Å². The number of aliphatic carboxylic acids is 1. The number of carboxylic acid groups (broad SMARTS) is 1. The van der Waals surface area contributed by atoms with E-state index in [9.17, 15) is 9.59 Å². The number of carboxylic acids is 1. The van der Waals surface area contributed by atoms with Crippen molar-refractivity contribution in [2.45, 2.75) is 19.3 Å². The number of aromatic nitrogens is 1. The SMILES string of the molecule is O=C(O)CCCc1csc(NC(=O)c2cc(Cl)sc2Cl)n1. The summed E-state index contributed by atoms with van der Waals surface area (Å²) in [7, 11) is 0. The topological polar surface area (TPSA) is 79.3 Å². The third-order valence-electron chi connectivity index (χ3n) is 2.50. The summed E-state index contributed by atoms with van der Waals surface area (Å²) < 4.78 is 0.773. The lowest BCUT2D eigenvalue weighted by Crippen LogP contribution is -2.11. The van der Waals surface area contributed by atoms with Gasteiger partial charge in [0.05, 0.1) is 15.6 Å². The Bertz CT molecular complexity index is 669. The number of nitrogens with one attached hydrogen (secondary N) is 1. The molecule has 1 amide bonds. The van der Waals surface area contributed by atoms with E-state index in [1.54, 1.807) is 5.38 Å². The van der Waals surface area contributed by atoms with Gasteiger partial charge in [-0.25, -0.2) is 4.98 Å². The lowest BCUT2D eigenvalue weighted by molar-refractivity contribution is -0.137. The molecule has 2 aromatic heterocycles. The second-order valence-electron chi connectivity index (χ2n) is 4.08. The van der Waals surface area contributed by atoms with Crippen LogP contribution in [0.15, 0.2) is 11.4 Å². The molecule has 0 aliphatic heterocycles. The third-order valence-corrected chi connectivity index (χ3v) is 4.79. The first-order valence-corrected chi connectivity index (χ1v) is 8.33. The molecule has 0 saturated heterocycles. The van der Waals surface area contributed by atoms with Crippen molar-refractivity contribution in [2.24, 2.45) is 0 Å². The number of amides is 1. The van der Waals surface area contributed by atoms with E-state index in [0.29, 0.717) is 32.2 Å². The van der Waals surface area contributed by atoms with Gasteiger partial charge in [0.2, 0.25) is 0 Å². The number of nitrogens with zero attached hydrogens (tertiary/aromatic N) is 1. The quantitative estimate of drug-likeness (QED) is 0.805. The third kappa shape index (κ3) is 4.67. The predicted octanol–water partition coefficient (Wildman–Crippen LogP) is 4.17. The Balaban J connectivity index is 1.94. The van der Waals surface area contributed by atoms with E-state index >= 15 is 0 Å². The number of hydrogen-bond donors (Lipinski definition) is 2. The van der Waals surface area contributed by atoms with E-state index in [2.05, 4.69) is 10.3 Å². The highest BCUT2D eigenvalue weighted by molar-refractivity contribution is 7.20. The van der Waals surface area contributed by atoms with Crippen molar-refractivity contribution >= 4 is 62.9 Å². The molecule has 0 spiro atoms. The normalized spacial score (nSPS) is 10.6. The van der Waals surface area contributed by atoms with E-state index < -0.39 is 5.97 Å². The van der Waals surface area contributed by atoms with Crippen LogP contribution in [0.2, 0.25) is 8.67 Å². The van der Waals surface area contributed by atoms with Crippen molar-refractivity contribution in [1.29, 1.82) is 0 Å². The molecule has 0 radical (unpaired) electrons. The molecular weight excluding hydrogens is 355 g/mol. The summed E-state index contributed by atoms with van der Waals surface area (Å²) in [6.45, 7) is 0. The summed E-state index contributed by atoms with van der Waals surface area (Å²) in [5.74, 6) is -1.20. The fourth-order valence-corrected chi connectivity index (χ4v) is 3.76. The molecule has 0 unspecified atom stereocenters. The van der Waals surface area contributed by atoms with Gasteiger partial charge in [-0.3, -0.25) is 14.9 Å². The minimum absolute atomic E-state index is 0.0994. The number of halogens is 2. The first-order valence-electron chi connectivity index (χ1n) is 5.88. The van der Waals surface area contributed by atoms with Gasteiger partial charge in [-0.2, -0.15) is 0 Å². The molecule has 0 bridgehead atoms. The van der Waals surface area contributed by atoms with Gasteiger partial charge in [0.15, 0.2) is 5.13 Å². The smallest absolute Gasteiger partial charge is 0.303 e. The average molecular weight is 365 g/mol. The van der Waals surface area contributed by atoms with Crippen molar-refractivity contribution in [2.75, 3.05) is 5.32 Å². The fourth-order valence-electron chi connectivity index (χ4n) is 1.56. The molecule has 0 aliphatic rings. The van der Waals surface area contributed by atoms with Crippen LogP contribution in [0.25, 0.3) is 0 Å². The molecule has 0 saturated carbocycles. The number of anilines is 1. The van der Waals surface area contributed by atoms with Crippen LogP contribution in [0.3, 0.4) is 0 Å². The molecule has 2 aromatic rings. The molecule has 2 heterocycles. The maximum absolute atomic E-state index is 12.0. The molecular formula is C12H10Cl2N2O3S2. The number of hydrogen-bond acceptors (Lipinski definition) is 5. The highest BCUT2D eigenvalue weighted by atomic mass is 35.5. The Morgan fingerprint density at radius 1 is 1.38 bits per heavy atom. The molecule has 0 atom stereocenters. The summed E-state index contributed by atoms with van der Waals surface area (Å²) in [6.07, 6.45) is 1.17. The zero-order valence-electron chi connectivity index (χ0n) is 10.6. The van der Waals surface area contributed by atoms with Crippen LogP contribution in [0.5, 0.6) is 0 Å². The molecule has 0 aromatic carbocycles. The summed E-state index contributed by atoms with van der Waals surface area (Å²) >= 11 is 14.1. The van der Waals surface area contributed by atoms with Crippen molar-refractivity contribution in [3.05, 3.63) is 31.4 Å². The van der Waals surface area contributed by atoms with Gasteiger partial charge in [0.25, 0.3) is 5.91 Å². The molecule has 2 rings (SSSR count). The van der Waals surface area contributed by atoms with Crippen LogP contribution in [-0.4, -0.2) is 22.0 Å². The van der Waals surface area contributed by atoms with Gasteiger partial charge in [0, 0.05) is 11.8 Å². The second kappa shape index (κ2) is 7.22. The standard InChI is InChI=1S/C12H10Cl2N2O3S2/c13-8-4-7(10(14)21-8)11(19)16-12-15-6(5-20-12)2-1-3-9(17)18/h4-5H,1-3H2,(H,17,18)(H,15,16,19). The van der Waals surface area contributed by atoms with Crippen molar-refractivity contribution < 1.29 is 14.7 Å². The number of aryl methyl sites for hydroxylation is 1. The zero-order valence-corrected chi connectivity index (χ0v) is 13.7. The van der Waals surface area contributed by atoms with Crippen LogP contribution in [0.1, 0.15) is 28.9 Å². The maximum Gasteiger partial charge on any atom is 0.303 e. The van der Waals surface area contributed by atoms with Gasteiger partial charge >= 0.3 is 5.97 Å². The Labute approximate surface area is 138 Å². The first kappa shape index (κ1) is 16.2. The van der Waals surface area contributed by atoms with E-state index in [-0.39, 0.29) is 12.3 Å². The van der Waals surface area contributed by atoms with Gasteiger partial charge in [-0.15, -0.1) is 22.7 Å². The van der Waals surface area contributed by atoms with Crippen molar-refractivity contribution in [1.82, 2.24) is 4.98 Å². The van der Waals surface area contributed by atoms with Gasteiger partial charge in [0.1, 0.15) is 4.34 Å². The molecule has 2 N–H and O–H groups in total. The van der Waals surface area contributed by atoms with E-state index in [1.807, 2.05) is 0 Å². The van der Waals surface area contributed by atoms with Crippen molar-refractivity contribution in [3.63, 3.8) is 0 Å². The van der Waals surface area contributed by atoms with E-state index in [1.165, 1.54) is 17.4 Å². The Kier molecular flexibility index (Phi) is 5.58. The predicted molar refractivity (Wildman–Crippen MR) is 85.0 cm³/mol. The fraction of sp³-hybridized carbons (Fsp3) is 0.250. The van der Waals surface area contributed by atoms with Crippen LogP contribution in [0.4, 0.5) is 5.13 Å². The lowest BCUT2D eigenvalue weighted by Gasteiger charge is -1.99. The van der Waals surface area contributed by atoms with E-state index in [0.717, 1.165) is 17.0 Å². The highest BCUT2D eigenvalue weighted by Gasteiger charge is 2.15. The zero-order chi connectivity index (χ0) is 15.4. The Hall–Kier alpha value is -1.15. The minimum Gasteiger partial charge on any atom is -0.481 e. The number of carbonyl (C=O) groups excluding carboxylic acids is 1. The molecule has 112 valence electrons. The van der Waals surface area contributed by atoms with Crippen LogP contribution in [0, 0.1) is 0 Å². The number of thiazole rings is 1. The number of rotatable bonds is 6. The van der Waals surface area contributed by atoms with Crippen LogP contribution in [-0.2, 0) is 11.2 Å². The second-order valence-corrected chi connectivity index (χ2v) is 7.23. The molecule has 9 heteroatoms. The minimum atomic E-state index is -0.831. The Morgan fingerprint density at radius 3 is 2.76 bits per heavy atom. The number of thiophene rings is 1. The maximum atomic E-state index is 12.0. The molecule has 0 fully saturated rings. The summed E-state index contributed by atoms with van der Waals surface area (Å²) in [5, 5.41) is 13.5. The van der Waals surface area contributed by atoms with Crippen molar-refractivity contribution in [3.8, 4) is 0 Å². The largest absolute Gasteiger partial charge is 0.481 e. The first-order chi connectivity index (χ1) is 9.95. The number of carbonyl (C=O) groups is 2. The summed E-state index contributed by atoms with van der Waals surface area (Å²) in [5.41, 5.74) is 1.07. The van der Waals surface area contributed by atoms with Gasteiger partial charge < -0.3 is 5.11 Å². The lowest BCUT2D eigenvalue weighted by atomic mass is 10.2.